The monoisotopic (exact) mass is 293 g/mol. The van der Waals surface area contributed by atoms with Crippen molar-refractivity contribution < 1.29 is 9.94 Å². The highest BCUT2D eigenvalue weighted by atomic mass is 16.5. The molecule has 0 heterocycles. The molecule has 1 aromatic rings. The fourth-order valence-electron chi connectivity index (χ4n) is 2.17. The third kappa shape index (κ3) is 6.04. The molecule has 5 nitrogen and oxygen atoms in total. The highest BCUT2D eigenvalue weighted by molar-refractivity contribution is 5.97. The first-order chi connectivity index (χ1) is 9.93. The quantitative estimate of drug-likeness (QED) is 0.334. The molecule has 0 aliphatic heterocycles. The molecule has 1 aromatic carbocycles. The van der Waals surface area contributed by atoms with E-state index in [2.05, 4.69) is 37.9 Å². The van der Waals surface area contributed by atoms with E-state index in [4.69, 9.17) is 15.7 Å². The molecule has 0 spiro atoms. The van der Waals surface area contributed by atoms with Crippen LogP contribution in [0.4, 0.5) is 0 Å². The molecule has 1 rings (SSSR count). The molecule has 0 bridgehead atoms. The predicted molar refractivity (Wildman–Crippen MR) is 86.0 cm³/mol. The van der Waals surface area contributed by atoms with E-state index in [0.29, 0.717) is 24.1 Å². The number of likely N-dealkylation sites (N-methyl/N-ethyl adjacent to an activating group) is 1. The Labute approximate surface area is 127 Å². The SMILES string of the molecule is CC(C)CC(C)N(C)CCOc1ccc(C(N)=NO)cc1. The average molecular weight is 293 g/mol. The summed E-state index contributed by atoms with van der Waals surface area (Å²) in [6.07, 6.45) is 1.19. The summed E-state index contributed by atoms with van der Waals surface area (Å²) in [6.45, 7) is 8.25. The Morgan fingerprint density at radius 2 is 1.90 bits per heavy atom. The Kier molecular flexibility index (Phi) is 7.02. The van der Waals surface area contributed by atoms with Crippen LogP contribution in [0.5, 0.6) is 5.75 Å². The van der Waals surface area contributed by atoms with Crippen molar-refractivity contribution in [3.63, 3.8) is 0 Å². The van der Waals surface area contributed by atoms with Gasteiger partial charge in [-0.2, -0.15) is 0 Å². The number of hydrogen-bond acceptors (Lipinski definition) is 4. The normalized spacial score (nSPS) is 13.7. The lowest BCUT2D eigenvalue weighted by Crippen LogP contribution is -2.33. The Morgan fingerprint density at radius 3 is 2.43 bits per heavy atom. The van der Waals surface area contributed by atoms with Crippen molar-refractivity contribution >= 4 is 5.84 Å². The third-order valence-corrected chi connectivity index (χ3v) is 3.54. The number of oxime groups is 1. The first-order valence-electron chi connectivity index (χ1n) is 7.35. The summed E-state index contributed by atoms with van der Waals surface area (Å²) in [5, 5.41) is 11.6. The van der Waals surface area contributed by atoms with Crippen LogP contribution < -0.4 is 10.5 Å². The predicted octanol–water partition coefficient (Wildman–Crippen LogP) is 2.53. The van der Waals surface area contributed by atoms with Crippen LogP contribution in [0.2, 0.25) is 0 Å². The smallest absolute Gasteiger partial charge is 0.170 e. The van der Waals surface area contributed by atoms with Crippen LogP contribution in [0.25, 0.3) is 0 Å². The van der Waals surface area contributed by atoms with Crippen LogP contribution in [0.15, 0.2) is 29.4 Å². The van der Waals surface area contributed by atoms with Gasteiger partial charge in [0.25, 0.3) is 0 Å². The van der Waals surface area contributed by atoms with Crippen molar-refractivity contribution in [2.75, 3.05) is 20.2 Å². The topological polar surface area (TPSA) is 71.1 Å². The number of ether oxygens (including phenoxy) is 1. The van der Waals surface area contributed by atoms with Crippen LogP contribution in [0.1, 0.15) is 32.8 Å². The van der Waals surface area contributed by atoms with Gasteiger partial charge in [-0.15, -0.1) is 0 Å². The van der Waals surface area contributed by atoms with Gasteiger partial charge in [-0.05, 0) is 50.6 Å². The number of hydrogen-bond donors (Lipinski definition) is 2. The molecular weight excluding hydrogens is 266 g/mol. The molecule has 0 saturated carbocycles. The summed E-state index contributed by atoms with van der Waals surface area (Å²) < 4.78 is 5.72. The third-order valence-electron chi connectivity index (χ3n) is 3.54. The fourth-order valence-corrected chi connectivity index (χ4v) is 2.17. The van der Waals surface area contributed by atoms with Gasteiger partial charge in [0.15, 0.2) is 5.84 Å². The molecule has 0 aliphatic rings. The lowest BCUT2D eigenvalue weighted by atomic mass is 10.0. The number of nitrogens with two attached hydrogens (primary N) is 1. The summed E-state index contributed by atoms with van der Waals surface area (Å²) >= 11 is 0. The van der Waals surface area contributed by atoms with Gasteiger partial charge in [-0.25, -0.2) is 0 Å². The molecule has 3 N–H and O–H groups in total. The van der Waals surface area contributed by atoms with Gasteiger partial charge in [-0.1, -0.05) is 19.0 Å². The molecule has 118 valence electrons. The van der Waals surface area contributed by atoms with Crippen molar-refractivity contribution in [2.24, 2.45) is 16.8 Å². The molecule has 0 amide bonds. The first-order valence-corrected chi connectivity index (χ1v) is 7.35. The second-order valence-corrected chi connectivity index (χ2v) is 5.82. The summed E-state index contributed by atoms with van der Waals surface area (Å²) in [5.41, 5.74) is 6.18. The Bertz CT molecular complexity index is 443. The number of amidine groups is 1. The van der Waals surface area contributed by atoms with Gasteiger partial charge in [0, 0.05) is 18.2 Å². The largest absolute Gasteiger partial charge is 0.492 e. The minimum absolute atomic E-state index is 0.101. The van der Waals surface area contributed by atoms with E-state index < -0.39 is 0 Å². The molecule has 0 radical (unpaired) electrons. The summed E-state index contributed by atoms with van der Waals surface area (Å²) in [4.78, 5) is 2.31. The van der Waals surface area contributed by atoms with E-state index in [9.17, 15) is 0 Å². The molecule has 0 saturated heterocycles. The molecule has 0 aliphatic carbocycles. The molecule has 0 fully saturated rings. The van der Waals surface area contributed by atoms with Crippen molar-refractivity contribution in [3.8, 4) is 5.75 Å². The van der Waals surface area contributed by atoms with E-state index >= 15 is 0 Å². The standard InChI is InChI=1S/C16H27N3O2/c1-12(2)11-13(3)19(4)9-10-21-15-7-5-14(6-8-15)16(17)18-20/h5-8,12-13,20H,9-11H2,1-4H3,(H2,17,18). The van der Waals surface area contributed by atoms with Crippen LogP contribution in [-0.2, 0) is 0 Å². The lowest BCUT2D eigenvalue weighted by Gasteiger charge is -2.26. The molecule has 0 aromatic heterocycles. The first kappa shape index (κ1) is 17.3. The highest BCUT2D eigenvalue weighted by Crippen LogP contribution is 2.13. The van der Waals surface area contributed by atoms with Gasteiger partial charge in [0.2, 0.25) is 0 Å². The van der Waals surface area contributed by atoms with Crippen LogP contribution >= 0.6 is 0 Å². The highest BCUT2D eigenvalue weighted by Gasteiger charge is 2.10. The average Bonchev–Trinajstić information content (AvgIpc) is 2.46. The van der Waals surface area contributed by atoms with E-state index in [1.807, 2.05) is 12.1 Å². The Hall–Kier alpha value is -1.75. The molecule has 5 heteroatoms. The van der Waals surface area contributed by atoms with E-state index in [1.54, 1.807) is 12.1 Å². The maximum Gasteiger partial charge on any atom is 0.170 e. The Balaban J connectivity index is 2.39. The minimum Gasteiger partial charge on any atom is -0.492 e. The number of benzene rings is 1. The second-order valence-electron chi connectivity index (χ2n) is 5.82. The molecule has 1 atom stereocenters. The summed E-state index contributed by atoms with van der Waals surface area (Å²) in [5.74, 6) is 1.59. The van der Waals surface area contributed by atoms with Gasteiger partial charge in [0.05, 0.1) is 0 Å². The summed E-state index contributed by atoms with van der Waals surface area (Å²) in [6, 6.07) is 7.75. The van der Waals surface area contributed by atoms with E-state index in [0.717, 1.165) is 12.3 Å². The molecular formula is C16H27N3O2. The van der Waals surface area contributed by atoms with E-state index in [-0.39, 0.29) is 5.84 Å². The van der Waals surface area contributed by atoms with Crippen molar-refractivity contribution in [2.45, 2.75) is 33.2 Å². The maximum atomic E-state index is 8.60. The van der Waals surface area contributed by atoms with Gasteiger partial charge >= 0.3 is 0 Å². The number of rotatable bonds is 8. The zero-order chi connectivity index (χ0) is 15.8. The maximum absolute atomic E-state index is 8.60. The van der Waals surface area contributed by atoms with Crippen molar-refractivity contribution in [3.05, 3.63) is 29.8 Å². The summed E-state index contributed by atoms with van der Waals surface area (Å²) in [7, 11) is 2.12. The zero-order valence-electron chi connectivity index (χ0n) is 13.4. The van der Waals surface area contributed by atoms with Gasteiger partial charge in [0.1, 0.15) is 12.4 Å². The van der Waals surface area contributed by atoms with Crippen molar-refractivity contribution in [1.29, 1.82) is 0 Å². The van der Waals surface area contributed by atoms with Crippen LogP contribution in [0, 0.1) is 5.92 Å². The lowest BCUT2D eigenvalue weighted by molar-refractivity contribution is 0.184. The molecule has 21 heavy (non-hydrogen) atoms. The Morgan fingerprint density at radius 1 is 1.29 bits per heavy atom. The van der Waals surface area contributed by atoms with E-state index in [1.165, 1.54) is 6.42 Å². The van der Waals surface area contributed by atoms with Gasteiger partial charge < -0.3 is 20.6 Å². The minimum atomic E-state index is 0.101. The molecule has 1 unspecified atom stereocenters. The number of nitrogens with zero attached hydrogens (tertiary/aromatic N) is 2. The second kappa shape index (κ2) is 8.52. The van der Waals surface area contributed by atoms with Crippen LogP contribution in [-0.4, -0.2) is 42.2 Å². The zero-order valence-corrected chi connectivity index (χ0v) is 13.4. The van der Waals surface area contributed by atoms with Gasteiger partial charge in [-0.3, -0.25) is 0 Å². The fraction of sp³-hybridized carbons (Fsp3) is 0.562. The van der Waals surface area contributed by atoms with Crippen molar-refractivity contribution in [1.82, 2.24) is 4.90 Å². The van der Waals surface area contributed by atoms with Crippen LogP contribution in [0.3, 0.4) is 0 Å².